The minimum atomic E-state index is -0.639. The molecule has 1 spiro atoms. The van der Waals surface area contributed by atoms with Gasteiger partial charge in [-0.25, -0.2) is 4.39 Å². The van der Waals surface area contributed by atoms with E-state index in [0.717, 1.165) is 63.0 Å². The average Bonchev–Trinajstić information content (AvgIpc) is 3.55. The fraction of sp³-hybridized carbons (Fsp3) is 0.387. The van der Waals surface area contributed by atoms with Crippen LogP contribution in [0.5, 0.6) is 0 Å². The van der Waals surface area contributed by atoms with E-state index >= 15 is 0 Å². The number of rotatable bonds is 4. The van der Waals surface area contributed by atoms with Gasteiger partial charge in [-0.1, -0.05) is 23.7 Å². The first-order chi connectivity index (χ1) is 18.8. The molecule has 3 heterocycles. The number of pyridine rings is 1. The molecule has 3 aromatic rings. The van der Waals surface area contributed by atoms with Gasteiger partial charge in [-0.15, -0.1) is 0 Å². The maximum atomic E-state index is 14.5. The van der Waals surface area contributed by atoms with Gasteiger partial charge in [0.2, 0.25) is 0 Å². The number of carbonyl (C=O) groups is 2. The van der Waals surface area contributed by atoms with Crippen molar-refractivity contribution in [1.82, 2.24) is 15.2 Å². The molecule has 2 aliphatic heterocycles. The number of nitrogens with zero attached hydrogens (tertiary/aromatic N) is 3. The summed E-state index contributed by atoms with van der Waals surface area (Å²) < 4.78 is 14.5. The van der Waals surface area contributed by atoms with Crippen molar-refractivity contribution in [3.8, 4) is 0 Å². The third-order valence-electron chi connectivity index (χ3n) is 8.86. The van der Waals surface area contributed by atoms with E-state index in [0.29, 0.717) is 17.5 Å². The molecular formula is C31H32ClFN4O2. The van der Waals surface area contributed by atoms with E-state index < -0.39 is 11.7 Å². The van der Waals surface area contributed by atoms with E-state index in [-0.39, 0.29) is 28.0 Å². The van der Waals surface area contributed by atoms with Crippen LogP contribution in [0.4, 0.5) is 10.1 Å². The average molecular weight is 547 g/mol. The summed E-state index contributed by atoms with van der Waals surface area (Å²) in [6.07, 6.45) is 8.31. The van der Waals surface area contributed by atoms with Crippen LogP contribution in [0.25, 0.3) is 0 Å². The summed E-state index contributed by atoms with van der Waals surface area (Å²) >= 11 is 6.26. The Bertz CT molecular complexity index is 1420. The molecule has 8 heteroatoms. The Morgan fingerprint density at radius 1 is 1.05 bits per heavy atom. The molecule has 2 saturated heterocycles. The van der Waals surface area contributed by atoms with Crippen molar-refractivity contribution in [3.63, 3.8) is 0 Å². The van der Waals surface area contributed by atoms with Crippen LogP contribution in [0.3, 0.4) is 0 Å². The Balaban J connectivity index is 1.13. The summed E-state index contributed by atoms with van der Waals surface area (Å²) in [5.74, 6) is -1.13. The molecule has 0 bridgehead atoms. The number of amides is 2. The summed E-state index contributed by atoms with van der Waals surface area (Å²) in [4.78, 5) is 35.1. The number of carbonyl (C=O) groups excluding carboxylic acids is 2. The van der Waals surface area contributed by atoms with E-state index in [4.69, 9.17) is 11.6 Å². The van der Waals surface area contributed by atoms with Crippen molar-refractivity contribution in [2.24, 2.45) is 5.41 Å². The van der Waals surface area contributed by atoms with Gasteiger partial charge in [0, 0.05) is 49.8 Å². The summed E-state index contributed by atoms with van der Waals surface area (Å²) in [6, 6.07) is 12.5. The molecule has 0 saturated carbocycles. The van der Waals surface area contributed by atoms with Gasteiger partial charge in [-0.05, 0) is 91.5 Å². The Morgan fingerprint density at radius 2 is 1.79 bits per heavy atom. The van der Waals surface area contributed by atoms with E-state index in [9.17, 15) is 14.0 Å². The van der Waals surface area contributed by atoms with Gasteiger partial charge < -0.3 is 15.1 Å². The Kier molecular flexibility index (Phi) is 6.79. The van der Waals surface area contributed by atoms with Crippen LogP contribution in [-0.4, -0.2) is 47.9 Å². The lowest BCUT2D eigenvalue weighted by molar-refractivity contribution is 0.0764. The number of hydrogen-bond acceptors (Lipinski definition) is 4. The lowest BCUT2D eigenvalue weighted by atomic mass is 9.77. The molecule has 6 nitrogen and oxygen atoms in total. The lowest BCUT2D eigenvalue weighted by Gasteiger charge is -2.40. The number of fused-ring (bicyclic) bond motifs is 1. The number of aromatic nitrogens is 1. The van der Waals surface area contributed by atoms with Crippen LogP contribution in [-0.2, 0) is 6.42 Å². The summed E-state index contributed by atoms with van der Waals surface area (Å²) in [7, 11) is 0. The molecule has 2 aromatic carbocycles. The van der Waals surface area contributed by atoms with Gasteiger partial charge in [0.15, 0.2) is 0 Å². The number of benzene rings is 2. The van der Waals surface area contributed by atoms with Crippen molar-refractivity contribution in [1.29, 1.82) is 0 Å². The minimum Gasteiger partial charge on any atom is -0.371 e. The zero-order valence-corrected chi connectivity index (χ0v) is 22.8. The molecule has 1 aromatic heterocycles. The highest BCUT2D eigenvalue weighted by molar-refractivity contribution is 6.34. The standard InChI is InChI=1S/C31H32ClFN4O2/c1-20-2-6-25(33)27(28(20)32)29(38)35-26-7-5-21-3-4-22(18-24(21)26)30(39)37-17-12-31(19-37)10-15-36(16-11-31)23-8-13-34-14-9-23/h2-4,6,8-9,13-14,18,26H,5,7,10-12,15-17,19H2,1H3,(H,35,38). The van der Waals surface area contributed by atoms with Gasteiger partial charge in [0.25, 0.3) is 11.8 Å². The van der Waals surface area contributed by atoms with Crippen LogP contribution in [0.2, 0.25) is 5.02 Å². The van der Waals surface area contributed by atoms with Crippen molar-refractivity contribution >= 4 is 29.1 Å². The third-order valence-corrected chi connectivity index (χ3v) is 9.35. The zero-order chi connectivity index (χ0) is 27.1. The fourth-order valence-electron chi connectivity index (χ4n) is 6.47. The van der Waals surface area contributed by atoms with Crippen LogP contribution in [0.1, 0.15) is 69.1 Å². The predicted octanol–water partition coefficient (Wildman–Crippen LogP) is 5.73. The number of anilines is 1. The highest BCUT2D eigenvalue weighted by Gasteiger charge is 2.42. The molecule has 2 amide bonds. The monoisotopic (exact) mass is 546 g/mol. The van der Waals surface area contributed by atoms with E-state index in [1.165, 1.54) is 11.8 Å². The molecule has 3 aliphatic rings. The number of nitrogens with one attached hydrogen (secondary N) is 1. The molecule has 202 valence electrons. The number of hydrogen-bond donors (Lipinski definition) is 1. The first-order valence-corrected chi connectivity index (χ1v) is 14.0. The highest BCUT2D eigenvalue weighted by Crippen LogP contribution is 2.42. The first kappa shape index (κ1) is 25.8. The van der Waals surface area contributed by atoms with Crippen molar-refractivity contribution < 1.29 is 14.0 Å². The van der Waals surface area contributed by atoms with E-state index in [1.807, 2.05) is 35.5 Å². The topological polar surface area (TPSA) is 65.5 Å². The smallest absolute Gasteiger partial charge is 0.256 e. The number of likely N-dealkylation sites (tertiary alicyclic amines) is 1. The van der Waals surface area contributed by atoms with Gasteiger partial charge in [0.05, 0.1) is 16.6 Å². The Labute approximate surface area is 233 Å². The molecule has 1 N–H and O–H groups in total. The Hall–Kier alpha value is -3.45. The normalized spacial score (nSPS) is 19.8. The van der Waals surface area contributed by atoms with Crippen molar-refractivity contribution in [2.75, 3.05) is 31.1 Å². The van der Waals surface area contributed by atoms with Crippen LogP contribution >= 0.6 is 11.6 Å². The van der Waals surface area contributed by atoms with Gasteiger partial charge >= 0.3 is 0 Å². The summed E-state index contributed by atoms with van der Waals surface area (Å²) in [5, 5.41) is 3.09. The highest BCUT2D eigenvalue weighted by atomic mass is 35.5. The van der Waals surface area contributed by atoms with E-state index in [1.54, 1.807) is 13.0 Å². The molecule has 1 aliphatic carbocycles. The number of piperidine rings is 1. The second kappa shape index (κ2) is 10.3. The van der Waals surface area contributed by atoms with E-state index in [2.05, 4.69) is 27.3 Å². The second-order valence-electron chi connectivity index (χ2n) is 11.2. The molecule has 39 heavy (non-hydrogen) atoms. The molecule has 1 atom stereocenters. The Morgan fingerprint density at radius 3 is 2.56 bits per heavy atom. The predicted molar refractivity (Wildman–Crippen MR) is 150 cm³/mol. The van der Waals surface area contributed by atoms with Gasteiger partial charge in [-0.2, -0.15) is 0 Å². The second-order valence-corrected chi connectivity index (χ2v) is 11.6. The molecule has 2 fully saturated rings. The summed E-state index contributed by atoms with van der Waals surface area (Å²) in [5.41, 5.74) is 4.57. The minimum absolute atomic E-state index is 0.0380. The van der Waals surface area contributed by atoms with Crippen LogP contribution < -0.4 is 10.2 Å². The van der Waals surface area contributed by atoms with Gasteiger partial charge in [0.1, 0.15) is 5.82 Å². The zero-order valence-electron chi connectivity index (χ0n) is 22.1. The summed E-state index contributed by atoms with van der Waals surface area (Å²) in [6.45, 7) is 5.25. The van der Waals surface area contributed by atoms with Crippen molar-refractivity contribution in [2.45, 2.75) is 45.1 Å². The van der Waals surface area contributed by atoms with Gasteiger partial charge in [-0.3, -0.25) is 14.6 Å². The van der Waals surface area contributed by atoms with Crippen molar-refractivity contribution in [3.05, 3.63) is 93.5 Å². The number of aryl methyl sites for hydroxylation is 2. The molecule has 1 unspecified atom stereocenters. The maximum Gasteiger partial charge on any atom is 0.256 e. The maximum absolute atomic E-state index is 14.5. The van der Waals surface area contributed by atoms with Crippen LogP contribution in [0.15, 0.2) is 54.9 Å². The molecule has 0 radical (unpaired) electrons. The third kappa shape index (κ3) is 4.89. The first-order valence-electron chi connectivity index (χ1n) is 13.7. The number of halogens is 2. The molecule has 6 rings (SSSR count). The SMILES string of the molecule is Cc1ccc(F)c(C(=O)NC2CCc3ccc(C(=O)N4CCC5(CCN(c6ccncc6)CC5)C4)cc32)c1Cl. The molecular weight excluding hydrogens is 515 g/mol. The lowest BCUT2D eigenvalue weighted by Crippen LogP contribution is -2.42. The fourth-order valence-corrected chi connectivity index (χ4v) is 6.71. The van der Waals surface area contributed by atoms with Crippen LogP contribution in [0, 0.1) is 18.2 Å². The largest absolute Gasteiger partial charge is 0.371 e. The quantitative estimate of drug-likeness (QED) is 0.454.